The molecule has 0 aromatic carbocycles. The highest BCUT2D eigenvalue weighted by atomic mass is 19.3. The third-order valence-corrected chi connectivity index (χ3v) is 1.26. The van der Waals surface area contributed by atoms with E-state index >= 15 is 0 Å². The summed E-state index contributed by atoms with van der Waals surface area (Å²) in [6.45, 7) is 0.370. The van der Waals surface area contributed by atoms with Gasteiger partial charge in [-0.3, -0.25) is 0 Å². The summed E-state index contributed by atoms with van der Waals surface area (Å²) in [5.41, 5.74) is 0. The normalized spacial score (nSPS) is 12.0. The van der Waals surface area contributed by atoms with Crippen LogP contribution in [0.15, 0.2) is 12.1 Å². The predicted molar refractivity (Wildman–Crippen MR) is 38.0 cm³/mol. The van der Waals surface area contributed by atoms with E-state index in [0.717, 1.165) is 6.92 Å². The molecule has 0 aliphatic carbocycles. The molecule has 0 atom stereocenters. The standard InChI is InChI=1S/C7H5F7O3/c1-2-16-5(15)6(11,12)7(13,14)17-4(10)3(8)9/h2H2,1H3. The molecule has 100 valence electrons. The van der Waals surface area contributed by atoms with Crippen molar-refractivity contribution in [3.8, 4) is 0 Å². The Morgan fingerprint density at radius 1 is 1.12 bits per heavy atom. The van der Waals surface area contributed by atoms with Gasteiger partial charge in [-0.2, -0.15) is 30.7 Å². The number of rotatable bonds is 5. The second-order valence-electron chi connectivity index (χ2n) is 2.45. The van der Waals surface area contributed by atoms with Crippen LogP contribution in [-0.4, -0.2) is 24.6 Å². The molecule has 0 amide bonds. The van der Waals surface area contributed by atoms with E-state index in [1.54, 1.807) is 0 Å². The van der Waals surface area contributed by atoms with Crippen molar-refractivity contribution in [2.75, 3.05) is 6.61 Å². The lowest BCUT2D eigenvalue weighted by Gasteiger charge is -2.23. The van der Waals surface area contributed by atoms with Crippen LogP contribution in [0.1, 0.15) is 6.92 Å². The van der Waals surface area contributed by atoms with Gasteiger partial charge in [-0.25, -0.2) is 4.79 Å². The fraction of sp³-hybridized carbons (Fsp3) is 0.571. The van der Waals surface area contributed by atoms with E-state index in [9.17, 15) is 35.5 Å². The molecule has 0 bridgehead atoms. The first-order chi connectivity index (χ1) is 7.56. The fourth-order valence-corrected chi connectivity index (χ4v) is 0.556. The maximum absolute atomic E-state index is 12.6. The Balaban J connectivity index is 5.03. The van der Waals surface area contributed by atoms with E-state index in [2.05, 4.69) is 9.47 Å². The zero-order valence-corrected chi connectivity index (χ0v) is 8.08. The molecule has 3 nitrogen and oxygen atoms in total. The summed E-state index contributed by atoms with van der Waals surface area (Å²) >= 11 is 0. The van der Waals surface area contributed by atoms with Gasteiger partial charge in [0, 0.05) is 0 Å². The summed E-state index contributed by atoms with van der Waals surface area (Å²) in [5.74, 6) is -8.33. The number of esters is 1. The molecule has 0 saturated carbocycles. The molecular weight excluding hydrogens is 265 g/mol. The second kappa shape index (κ2) is 5.23. The van der Waals surface area contributed by atoms with Gasteiger partial charge in [0.2, 0.25) is 0 Å². The molecule has 0 N–H and O–H groups in total. The lowest BCUT2D eigenvalue weighted by molar-refractivity contribution is -0.332. The zero-order chi connectivity index (χ0) is 13.9. The molecule has 17 heavy (non-hydrogen) atoms. The Kier molecular flexibility index (Phi) is 4.78. The number of ether oxygens (including phenoxy) is 2. The average Bonchev–Trinajstić information content (AvgIpc) is 2.16. The van der Waals surface area contributed by atoms with Gasteiger partial charge in [0.1, 0.15) is 0 Å². The molecule has 0 rings (SSSR count). The van der Waals surface area contributed by atoms with Gasteiger partial charge in [0.25, 0.3) is 0 Å². The predicted octanol–water partition coefficient (Wildman–Crippen LogP) is 2.83. The van der Waals surface area contributed by atoms with Crippen LogP contribution in [0.3, 0.4) is 0 Å². The van der Waals surface area contributed by atoms with E-state index in [-0.39, 0.29) is 0 Å². The van der Waals surface area contributed by atoms with Crippen LogP contribution in [0, 0.1) is 0 Å². The summed E-state index contributed by atoms with van der Waals surface area (Å²) in [7, 11) is 0. The van der Waals surface area contributed by atoms with Gasteiger partial charge >= 0.3 is 30.1 Å². The van der Waals surface area contributed by atoms with Gasteiger partial charge in [0.15, 0.2) is 0 Å². The minimum absolute atomic E-state index is 0.666. The first kappa shape index (κ1) is 15.5. The molecule has 0 aromatic rings. The summed E-state index contributed by atoms with van der Waals surface area (Å²) in [6, 6.07) is -3.21. The Morgan fingerprint density at radius 3 is 1.94 bits per heavy atom. The van der Waals surface area contributed by atoms with Crippen LogP contribution in [-0.2, 0) is 14.3 Å². The monoisotopic (exact) mass is 270 g/mol. The number of alkyl halides is 4. The van der Waals surface area contributed by atoms with Crippen LogP contribution >= 0.6 is 0 Å². The van der Waals surface area contributed by atoms with Gasteiger partial charge in [0.05, 0.1) is 6.61 Å². The van der Waals surface area contributed by atoms with E-state index in [1.807, 2.05) is 0 Å². The Hall–Kier alpha value is -1.48. The van der Waals surface area contributed by atoms with E-state index in [4.69, 9.17) is 0 Å². The first-order valence-electron chi connectivity index (χ1n) is 3.89. The van der Waals surface area contributed by atoms with Crippen LogP contribution in [0.5, 0.6) is 0 Å². The van der Waals surface area contributed by atoms with Crippen molar-refractivity contribution >= 4 is 5.97 Å². The van der Waals surface area contributed by atoms with Crippen LogP contribution in [0.2, 0.25) is 0 Å². The topological polar surface area (TPSA) is 35.5 Å². The number of hydrogen-bond donors (Lipinski definition) is 0. The molecule has 0 unspecified atom stereocenters. The van der Waals surface area contributed by atoms with Crippen molar-refractivity contribution < 1.29 is 45.0 Å². The van der Waals surface area contributed by atoms with Crippen LogP contribution < -0.4 is 0 Å². The van der Waals surface area contributed by atoms with Gasteiger partial charge in [-0.15, -0.1) is 0 Å². The quantitative estimate of drug-likeness (QED) is 0.438. The highest BCUT2D eigenvalue weighted by molar-refractivity contribution is 5.78. The summed E-state index contributed by atoms with van der Waals surface area (Å²) < 4.78 is 90.9. The molecule has 0 radical (unpaired) electrons. The largest absolute Gasteiger partial charge is 0.478 e. The Labute approximate surface area is 89.8 Å². The zero-order valence-electron chi connectivity index (χ0n) is 8.08. The summed E-state index contributed by atoms with van der Waals surface area (Å²) in [4.78, 5) is 10.4. The van der Waals surface area contributed by atoms with Gasteiger partial charge < -0.3 is 9.47 Å². The molecule has 0 spiro atoms. The van der Waals surface area contributed by atoms with Crippen molar-refractivity contribution in [1.82, 2.24) is 0 Å². The minimum atomic E-state index is -5.80. The number of carbonyl (C=O) groups is 1. The maximum Gasteiger partial charge on any atom is 0.478 e. The lowest BCUT2D eigenvalue weighted by atomic mass is 10.3. The second-order valence-corrected chi connectivity index (χ2v) is 2.45. The summed E-state index contributed by atoms with van der Waals surface area (Å²) in [6.07, 6.45) is -9.17. The SMILES string of the molecule is CCOC(=O)C(F)(F)C(F)(F)OC(F)=C(F)F. The Bertz CT molecular complexity index is 321. The van der Waals surface area contributed by atoms with Crippen LogP contribution in [0.25, 0.3) is 0 Å². The smallest absolute Gasteiger partial charge is 0.461 e. The molecule has 0 saturated heterocycles. The third kappa shape index (κ3) is 3.49. The lowest BCUT2D eigenvalue weighted by Crippen LogP contribution is -2.49. The highest BCUT2D eigenvalue weighted by Gasteiger charge is 2.67. The minimum Gasteiger partial charge on any atom is -0.461 e. The van der Waals surface area contributed by atoms with E-state index in [1.165, 1.54) is 0 Å². The van der Waals surface area contributed by atoms with Crippen molar-refractivity contribution in [3.05, 3.63) is 12.1 Å². The summed E-state index contributed by atoms with van der Waals surface area (Å²) in [5, 5.41) is 0. The number of hydrogen-bond acceptors (Lipinski definition) is 3. The van der Waals surface area contributed by atoms with Gasteiger partial charge in [-0.1, -0.05) is 0 Å². The Morgan fingerprint density at radius 2 is 1.59 bits per heavy atom. The average molecular weight is 270 g/mol. The highest BCUT2D eigenvalue weighted by Crippen LogP contribution is 2.38. The molecule has 0 aliphatic heterocycles. The third-order valence-electron chi connectivity index (χ3n) is 1.26. The van der Waals surface area contributed by atoms with Crippen molar-refractivity contribution in [1.29, 1.82) is 0 Å². The maximum atomic E-state index is 12.6. The van der Waals surface area contributed by atoms with E-state index < -0.39 is 36.7 Å². The molecule has 10 heteroatoms. The van der Waals surface area contributed by atoms with Crippen molar-refractivity contribution in [2.45, 2.75) is 19.0 Å². The molecule has 0 heterocycles. The molecule has 0 fully saturated rings. The molecule has 0 aromatic heterocycles. The van der Waals surface area contributed by atoms with Crippen LogP contribution in [0.4, 0.5) is 30.7 Å². The molecule has 0 aliphatic rings. The number of carbonyl (C=O) groups excluding carboxylic acids is 1. The fourth-order valence-electron chi connectivity index (χ4n) is 0.556. The van der Waals surface area contributed by atoms with Gasteiger partial charge in [-0.05, 0) is 6.92 Å². The van der Waals surface area contributed by atoms with E-state index in [0.29, 0.717) is 0 Å². The molecular formula is C7H5F7O3. The van der Waals surface area contributed by atoms with Crippen molar-refractivity contribution in [2.24, 2.45) is 0 Å². The number of halogens is 7. The van der Waals surface area contributed by atoms with Crippen molar-refractivity contribution in [3.63, 3.8) is 0 Å². The first-order valence-corrected chi connectivity index (χ1v) is 3.89.